The van der Waals surface area contributed by atoms with E-state index in [4.69, 9.17) is 5.73 Å². The van der Waals surface area contributed by atoms with Crippen molar-refractivity contribution in [1.82, 2.24) is 10.2 Å². The Morgan fingerprint density at radius 3 is 2.26 bits per heavy atom. The molecular formula is C25H26F4N5O4+. The topological polar surface area (TPSA) is 128 Å². The Kier molecular flexibility index (Phi) is 8.30. The number of carbonyl (C=O) groups is 3. The molecule has 13 heteroatoms. The van der Waals surface area contributed by atoms with E-state index in [1.54, 1.807) is 0 Å². The zero-order valence-electron chi connectivity index (χ0n) is 20.5. The first-order chi connectivity index (χ1) is 17.8. The number of amidine groups is 1. The maximum atomic E-state index is 14.0. The highest BCUT2D eigenvalue weighted by molar-refractivity contribution is 6.14. The van der Waals surface area contributed by atoms with Crippen LogP contribution in [0.3, 0.4) is 0 Å². The predicted octanol–water partition coefficient (Wildman–Crippen LogP) is 2.22. The number of halogens is 4. The summed E-state index contributed by atoms with van der Waals surface area (Å²) in [5, 5.41) is 16.6. The van der Waals surface area contributed by atoms with E-state index in [2.05, 4.69) is 5.10 Å². The number of hydrazone groups is 1. The van der Waals surface area contributed by atoms with Crippen LogP contribution in [-0.2, 0) is 4.79 Å². The molecule has 0 saturated heterocycles. The molecule has 1 heterocycles. The number of hydrogen-bond donors (Lipinski definition) is 3. The normalized spacial score (nSPS) is 16.8. The molecule has 202 valence electrons. The molecule has 4 N–H and O–H groups in total. The van der Waals surface area contributed by atoms with Crippen LogP contribution < -0.4 is 11.1 Å². The van der Waals surface area contributed by atoms with E-state index in [0.717, 1.165) is 27.9 Å². The lowest BCUT2D eigenvalue weighted by atomic mass is 9.99. The van der Waals surface area contributed by atoms with Gasteiger partial charge in [-0.2, -0.15) is 13.2 Å². The van der Waals surface area contributed by atoms with Crippen molar-refractivity contribution in [3.05, 3.63) is 65.5 Å². The first-order valence-corrected chi connectivity index (χ1v) is 11.5. The number of rotatable bonds is 9. The van der Waals surface area contributed by atoms with Crippen molar-refractivity contribution in [1.29, 1.82) is 0 Å². The molecule has 1 aliphatic heterocycles. The van der Waals surface area contributed by atoms with Crippen LogP contribution in [0, 0.1) is 11.7 Å². The highest BCUT2D eigenvalue weighted by Gasteiger charge is 2.55. The lowest BCUT2D eigenvalue weighted by Gasteiger charge is -2.35. The number of Topliss-reactive ketones (excluding diaryl/α,β-unsaturated/α-hetero) is 1. The van der Waals surface area contributed by atoms with Gasteiger partial charge in [-0.05, 0) is 44.2 Å². The van der Waals surface area contributed by atoms with Crippen molar-refractivity contribution in [3.63, 3.8) is 0 Å². The van der Waals surface area contributed by atoms with Crippen LogP contribution in [0.2, 0.25) is 0 Å². The Morgan fingerprint density at radius 1 is 1.11 bits per heavy atom. The minimum absolute atomic E-state index is 0.0250. The molecule has 3 rings (SSSR count). The number of benzene rings is 2. The maximum Gasteiger partial charge on any atom is 0.420 e. The van der Waals surface area contributed by atoms with Crippen LogP contribution in [0.1, 0.15) is 34.6 Å². The number of alkyl halides is 3. The number of hydrogen-bond acceptors (Lipinski definition) is 6. The number of ketones is 1. The highest BCUT2D eigenvalue weighted by Crippen LogP contribution is 2.31. The summed E-state index contributed by atoms with van der Waals surface area (Å²) in [5.74, 6) is -4.23. The molecule has 2 aromatic carbocycles. The molecule has 2 unspecified atom stereocenters. The molecule has 0 bridgehead atoms. The van der Waals surface area contributed by atoms with Crippen LogP contribution in [0.25, 0.3) is 0 Å². The first-order valence-electron chi connectivity index (χ1n) is 11.5. The summed E-state index contributed by atoms with van der Waals surface area (Å²) >= 11 is 0. The van der Waals surface area contributed by atoms with Crippen LogP contribution in [0.4, 0.5) is 23.2 Å². The van der Waals surface area contributed by atoms with Crippen molar-refractivity contribution in [2.24, 2.45) is 16.8 Å². The summed E-state index contributed by atoms with van der Waals surface area (Å²) in [5.41, 5.74) is 2.67. The van der Waals surface area contributed by atoms with Gasteiger partial charge in [0, 0.05) is 12.1 Å². The smallest absolute Gasteiger partial charge is 0.378 e. The van der Waals surface area contributed by atoms with Crippen LogP contribution in [-0.4, -0.2) is 75.8 Å². The van der Waals surface area contributed by atoms with Crippen LogP contribution in [0.5, 0.6) is 0 Å². The fourth-order valence-electron chi connectivity index (χ4n) is 3.79. The zero-order chi connectivity index (χ0) is 28.3. The fraction of sp³-hybridized carbons (Fsp3) is 0.320. The van der Waals surface area contributed by atoms with E-state index >= 15 is 0 Å². The van der Waals surface area contributed by atoms with Gasteiger partial charge in [-0.1, -0.05) is 23.3 Å². The molecule has 0 aromatic heterocycles. The lowest BCUT2D eigenvalue weighted by molar-refractivity contribution is -0.443. The molecule has 0 fully saturated rings. The van der Waals surface area contributed by atoms with Crippen molar-refractivity contribution in [2.75, 3.05) is 19.6 Å². The second-order valence-corrected chi connectivity index (χ2v) is 8.62. The van der Waals surface area contributed by atoms with Gasteiger partial charge < -0.3 is 15.3 Å². The van der Waals surface area contributed by atoms with Gasteiger partial charge in [0.15, 0.2) is 23.0 Å². The van der Waals surface area contributed by atoms with Gasteiger partial charge in [-0.15, -0.1) is 4.68 Å². The largest absolute Gasteiger partial charge is 0.420 e. The third-order valence-electron chi connectivity index (χ3n) is 5.99. The predicted molar refractivity (Wildman–Crippen MR) is 130 cm³/mol. The summed E-state index contributed by atoms with van der Waals surface area (Å²) < 4.78 is 56.3. The van der Waals surface area contributed by atoms with Crippen LogP contribution in [0.15, 0.2) is 53.6 Å². The first kappa shape index (κ1) is 28.4. The van der Waals surface area contributed by atoms with Crippen molar-refractivity contribution in [2.45, 2.75) is 25.6 Å². The lowest BCUT2D eigenvalue weighted by Crippen LogP contribution is -2.61. The average molecular weight is 537 g/mol. The van der Waals surface area contributed by atoms with E-state index in [1.807, 2.05) is 5.32 Å². The minimum Gasteiger partial charge on any atom is -0.378 e. The van der Waals surface area contributed by atoms with Crippen molar-refractivity contribution >= 4 is 35.3 Å². The van der Waals surface area contributed by atoms with Gasteiger partial charge in [-0.3, -0.25) is 20.1 Å². The number of aliphatic hydroxyl groups is 1. The summed E-state index contributed by atoms with van der Waals surface area (Å²) in [4.78, 5) is 38.4. The number of amides is 2. The highest BCUT2D eigenvalue weighted by atomic mass is 19.4. The monoisotopic (exact) mass is 536 g/mol. The van der Waals surface area contributed by atoms with E-state index in [-0.39, 0.29) is 23.5 Å². The molecule has 0 aliphatic carbocycles. The summed E-state index contributed by atoms with van der Waals surface area (Å²) in [7, 11) is 0. The molecule has 0 radical (unpaired) electrons. The zero-order valence-corrected chi connectivity index (χ0v) is 20.5. The summed E-state index contributed by atoms with van der Waals surface area (Å²) in [6.07, 6.45) is -4.14. The summed E-state index contributed by atoms with van der Waals surface area (Å²) in [6.45, 7) is -0.0890. The molecular weight excluding hydrogens is 510 g/mol. The van der Waals surface area contributed by atoms with Gasteiger partial charge in [0.1, 0.15) is 5.82 Å². The third kappa shape index (κ3) is 5.88. The van der Waals surface area contributed by atoms with Gasteiger partial charge in [-0.25, -0.2) is 4.39 Å². The van der Waals surface area contributed by atoms with Crippen LogP contribution >= 0.6 is 0 Å². The molecule has 2 atom stereocenters. The molecule has 0 spiro atoms. The minimum atomic E-state index is -5.24. The van der Waals surface area contributed by atoms with Gasteiger partial charge in [0.25, 0.3) is 11.7 Å². The number of nitrogens with two attached hydrogens (primary N) is 1. The number of nitrogens with one attached hydrogen (secondary N) is 1. The SMILES string of the molecule is CCN(CC(O)(CNC(=O)C1C=N[N+](c2ccc(F)cc2)=C1N)C(F)(F)F)C(=O)c1ccccc1C(C)=O. The standard InChI is InChI=1S/C25H25F4N5O4/c1-3-33(23(37)19-7-5-4-6-18(19)15(2)35)14-24(38,25(27,28)29)13-31-22(36)20-12-32-34(21(20)30)17-10-8-16(26)9-11-17/h4-12,20,30,38H,3,13-14H2,1-2H3,(H,31,36)/p+1. The average Bonchev–Trinajstić information content (AvgIpc) is 3.26. The van der Waals surface area contributed by atoms with Crippen molar-refractivity contribution < 1.29 is 41.7 Å². The Morgan fingerprint density at radius 2 is 1.71 bits per heavy atom. The fourth-order valence-corrected chi connectivity index (χ4v) is 3.79. The van der Waals surface area contributed by atoms with Gasteiger partial charge in [0.05, 0.1) is 24.9 Å². The molecule has 9 nitrogen and oxygen atoms in total. The van der Waals surface area contributed by atoms with Gasteiger partial charge >= 0.3 is 6.18 Å². The molecule has 0 saturated carbocycles. The number of nitrogens with zero attached hydrogens (tertiary/aromatic N) is 3. The van der Waals surface area contributed by atoms with Crippen molar-refractivity contribution in [3.8, 4) is 0 Å². The number of likely N-dealkylation sites (N-methyl/N-ethyl adjacent to an activating group) is 1. The Bertz CT molecular complexity index is 1290. The summed E-state index contributed by atoms with van der Waals surface area (Å²) in [6, 6.07) is 10.6. The Labute approximate surface area is 215 Å². The Hall–Kier alpha value is -4.13. The van der Waals surface area contributed by atoms with E-state index in [1.165, 1.54) is 50.2 Å². The molecule has 2 aromatic rings. The number of carbonyl (C=O) groups excluding carboxylic acids is 3. The molecule has 1 aliphatic rings. The van der Waals surface area contributed by atoms with E-state index < -0.39 is 54.2 Å². The molecule has 38 heavy (non-hydrogen) atoms. The second-order valence-electron chi connectivity index (χ2n) is 8.62. The maximum absolute atomic E-state index is 14.0. The third-order valence-corrected chi connectivity index (χ3v) is 5.99. The van der Waals surface area contributed by atoms with E-state index in [9.17, 15) is 37.1 Å². The Balaban J connectivity index is 1.78. The quantitative estimate of drug-likeness (QED) is 0.257. The van der Waals surface area contributed by atoms with Gasteiger partial charge in [0.2, 0.25) is 5.91 Å². The van der Waals surface area contributed by atoms with E-state index in [0.29, 0.717) is 5.69 Å². The molecule has 2 amide bonds. The second kappa shape index (κ2) is 11.1.